The van der Waals surface area contributed by atoms with Crippen molar-refractivity contribution in [3.8, 4) is 6.07 Å². The van der Waals surface area contributed by atoms with Gasteiger partial charge in [0.25, 0.3) is 0 Å². The first-order valence-electron chi connectivity index (χ1n) is 5.39. The van der Waals surface area contributed by atoms with Crippen LogP contribution in [0, 0.1) is 11.3 Å². The number of nitriles is 1. The number of nitrogens with one attached hydrogen (secondary N) is 1. The van der Waals surface area contributed by atoms with Crippen molar-refractivity contribution in [1.29, 1.82) is 5.26 Å². The van der Waals surface area contributed by atoms with Gasteiger partial charge in [0.15, 0.2) is 0 Å². The highest BCUT2D eigenvalue weighted by Gasteiger charge is 2.28. The number of β-amino-alcohol motifs (C(OH)–C–C–N with tert-alkyl or cyclic N) is 1. The molecule has 1 aliphatic heterocycles. The molecule has 2 rings (SSSR count). The van der Waals surface area contributed by atoms with Crippen molar-refractivity contribution in [2.24, 2.45) is 0 Å². The van der Waals surface area contributed by atoms with E-state index >= 15 is 0 Å². The van der Waals surface area contributed by atoms with E-state index in [2.05, 4.69) is 5.32 Å². The predicted molar refractivity (Wildman–Crippen MR) is 62.2 cm³/mol. The van der Waals surface area contributed by atoms with Crippen LogP contribution in [0.3, 0.4) is 0 Å². The zero-order valence-corrected chi connectivity index (χ0v) is 9.26. The van der Waals surface area contributed by atoms with Crippen molar-refractivity contribution in [2.75, 3.05) is 25.0 Å². The van der Waals surface area contributed by atoms with Crippen molar-refractivity contribution in [1.82, 2.24) is 4.90 Å². The van der Waals surface area contributed by atoms with Crippen molar-refractivity contribution >= 4 is 11.6 Å². The maximum atomic E-state index is 11.6. The molecule has 0 unspecified atom stereocenters. The largest absolute Gasteiger partial charge is 0.389 e. The smallest absolute Gasteiger partial charge is 0.242 e. The molecular formula is C12H13N3O2. The Morgan fingerprint density at radius 2 is 2.12 bits per heavy atom. The molecule has 1 aliphatic rings. The van der Waals surface area contributed by atoms with Crippen LogP contribution >= 0.6 is 0 Å². The molecule has 1 aromatic rings. The summed E-state index contributed by atoms with van der Waals surface area (Å²) in [5.41, 5.74) is 1.39. The molecule has 1 fully saturated rings. The van der Waals surface area contributed by atoms with E-state index in [9.17, 15) is 4.79 Å². The summed E-state index contributed by atoms with van der Waals surface area (Å²) in [7, 11) is 0. The lowest BCUT2D eigenvalue weighted by atomic mass is 10.1. The molecule has 1 amide bonds. The molecular weight excluding hydrogens is 218 g/mol. The topological polar surface area (TPSA) is 76.4 Å². The highest BCUT2D eigenvalue weighted by Crippen LogP contribution is 2.10. The summed E-state index contributed by atoms with van der Waals surface area (Å²) in [5.74, 6) is -0.0281. The average Bonchev–Trinajstić information content (AvgIpc) is 2.32. The minimum Gasteiger partial charge on any atom is -0.389 e. The average molecular weight is 231 g/mol. The minimum atomic E-state index is -0.367. The van der Waals surface area contributed by atoms with E-state index in [4.69, 9.17) is 10.4 Å². The van der Waals surface area contributed by atoms with E-state index in [1.165, 1.54) is 0 Å². The van der Waals surface area contributed by atoms with Gasteiger partial charge in [0, 0.05) is 18.8 Å². The predicted octanol–water partition coefficient (Wildman–Crippen LogP) is 0.173. The van der Waals surface area contributed by atoms with Crippen LogP contribution in [-0.2, 0) is 4.79 Å². The number of aliphatic hydroxyl groups excluding tert-OH is 1. The fourth-order valence-corrected chi connectivity index (χ4v) is 1.61. The Bertz CT molecular complexity index is 444. The maximum absolute atomic E-state index is 11.6. The lowest BCUT2D eigenvalue weighted by molar-refractivity contribution is -0.139. The van der Waals surface area contributed by atoms with Crippen LogP contribution in [0.4, 0.5) is 5.69 Å². The zero-order chi connectivity index (χ0) is 12.3. The molecule has 0 atom stereocenters. The van der Waals surface area contributed by atoms with E-state index in [0.717, 1.165) is 5.69 Å². The standard InChI is InChI=1S/C12H13N3O2/c13-5-9-1-3-10(4-2-9)14-6-12(17)15-7-11(16)8-15/h1-4,11,14,16H,6-8H2. The van der Waals surface area contributed by atoms with Crippen LogP contribution in [0.15, 0.2) is 24.3 Å². The second-order valence-corrected chi connectivity index (χ2v) is 4.00. The van der Waals surface area contributed by atoms with Gasteiger partial charge < -0.3 is 15.3 Å². The Balaban J connectivity index is 1.81. The number of hydrogen-bond donors (Lipinski definition) is 2. The molecule has 0 aliphatic carbocycles. The molecule has 1 heterocycles. The normalized spacial score (nSPS) is 14.9. The SMILES string of the molecule is N#Cc1ccc(NCC(=O)N2CC(O)C2)cc1. The number of anilines is 1. The molecule has 1 aromatic carbocycles. The third-order valence-corrected chi connectivity index (χ3v) is 2.67. The van der Waals surface area contributed by atoms with Crippen molar-refractivity contribution < 1.29 is 9.90 Å². The van der Waals surface area contributed by atoms with Crippen LogP contribution in [0.5, 0.6) is 0 Å². The summed E-state index contributed by atoms with van der Waals surface area (Å²) in [4.78, 5) is 13.2. The van der Waals surface area contributed by atoms with Crippen LogP contribution in [-0.4, -0.2) is 41.7 Å². The van der Waals surface area contributed by atoms with Gasteiger partial charge in [-0.05, 0) is 24.3 Å². The van der Waals surface area contributed by atoms with E-state index in [-0.39, 0.29) is 18.6 Å². The third-order valence-electron chi connectivity index (χ3n) is 2.67. The van der Waals surface area contributed by atoms with Gasteiger partial charge >= 0.3 is 0 Å². The molecule has 0 bridgehead atoms. The van der Waals surface area contributed by atoms with E-state index in [1.807, 2.05) is 6.07 Å². The number of carbonyl (C=O) groups excluding carboxylic acids is 1. The molecule has 1 saturated heterocycles. The van der Waals surface area contributed by atoms with E-state index in [0.29, 0.717) is 18.7 Å². The van der Waals surface area contributed by atoms with Gasteiger partial charge in [0.05, 0.1) is 24.3 Å². The van der Waals surface area contributed by atoms with Gasteiger partial charge in [0.1, 0.15) is 0 Å². The lowest BCUT2D eigenvalue weighted by Crippen LogP contribution is -2.54. The number of benzene rings is 1. The van der Waals surface area contributed by atoms with Crippen LogP contribution in [0.25, 0.3) is 0 Å². The summed E-state index contributed by atoms with van der Waals surface area (Å²) < 4.78 is 0. The number of rotatable bonds is 3. The number of amides is 1. The fraction of sp³-hybridized carbons (Fsp3) is 0.333. The molecule has 2 N–H and O–H groups in total. The molecule has 5 nitrogen and oxygen atoms in total. The van der Waals surface area contributed by atoms with E-state index in [1.54, 1.807) is 29.2 Å². The van der Waals surface area contributed by atoms with Gasteiger partial charge in [-0.25, -0.2) is 0 Å². The first-order chi connectivity index (χ1) is 8.19. The Kier molecular flexibility index (Phi) is 3.26. The molecule has 17 heavy (non-hydrogen) atoms. The molecule has 0 spiro atoms. The highest BCUT2D eigenvalue weighted by molar-refractivity contribution is 5.81. The van der Waals surface area contributed by atoms with Gasteiger partial charge in [-0.2, -0.15) is 5.26 Å². The molecule has 0 aromatic heterocycles. The monoisotopic (exact) mass is 231 g/mol. The number of nitrogens with zero attached hydrogens (tertiary/aromatic N) is 2. The highest BCUT2D eigenvalue weighted by atomic mass is 16.3. The summed E-state index contributed by atoms with van der Waals surface area (Å²) in [5, 5.41) is 20.7. The van der Waals surface area contributed by atoms with Gasteiger partial charge in [0.2, 0.25) is 5.91 Å². The Morgan fingerprint density at radius 1 is 1.47 bits per heavy atom. The first kappa shape index (κ1) is 11.4. The Hall–Kier alpha value is -2.06. The van der Waals surface area contributed by atoms with Gasteiger partial charge in [-0.1, -0.05) is 0 Å². The summed E-state index contributed by atoms with van der Waals surface area (Å²) in [6, 6.07) is 8.94. The van der Waals surface area contributed by atoms with Crippen molar-refractivity contribution in [2.45, 2.75) is 6.10 Å². The summed E-state index contributed by atoms with van der Waals surface area (Å²) in [6.07, 6.45) is -0.367. The second-order valence-electron chi connectivity index (χ2n) is 4.00. The van der Waals surface area contributed by atoms with Gasteiger partial charge in [-0.15, -0.1) is 0 Å². The number of likely N-dealkylation sites (tertiary alicyclic amines) is 1. The molecule has 5 heteroatoms. The minimum absolute atomic E-state index is 0.0281. The van der Waals surface area contributed by atoms with Gasteiger partial charge in [-0.3, -0.25) is 4.79 Å². The van der Waals surface area contributed by atoms with E-state index < -0.39 is 0 Å². The lowest BCUT2D eigenvalue weighted by Gasteiger charge is -2.35. The summed E-state index contributed by atoms with van der Waals surface area (Å²) >= 11 is 0. The van der Waals surface area contributed by atoms with Crippen molar-refractivity contribution in [3.63, 3.8) is 0 Å². The van der Waals surface area contributed by atoms with Crippen LogP contribution in [0.2, 0.25) is 0 Å². The summed E-state index contributed by atoms with van der Waals surface area (Å²) in [6.45, 7) is 1.06. The first-order valence-corrected chi connectivity index (χ1v) is 5.39. The Morgan fingerprint density at radius 3 is 2.65 bits per heavy atom. The van der Waals surface area contributed by atoms with Crippen LogP contribution in [0.1, 0.15) is 5.56 Å². The number of hydrogen-bond acceptors (Lipinski definition) is 4. The number of carbonyl (C=O) groups is 1. The maximum Gasteiger partial charge on any atom is 0.242 e. The third kappa shape index (κ3) is 2.74. The van der Waals surface area contributed by atoms with Crippen LogP contribution < -0.4 is 5.32 Å². The molecule has 0 radical (unpaired) electrons. The zero-order valence-electron chi connectivity index (χ0n) is 9.26. The van der Waals surface area contributed by atoms with Crippen molar-refractivity contribution in [3.05, 3.63) is 29.8 Å². The molecule has 88 valence electrons. The Labute approximate surface area is 99.3 Å². The quantitative estimate of drug-likeness (QED) is 0.777. The molecule has 0 saturated carbocycles. The second kappa shape index (κ2) is 4.85. The fourth-order valence-electron chi connectivity index (χ4n) is 1.61. The number of aliphatic hydroxyl groups is 1.